The lowest BCUT2D eigenvalue weighted by Crippen LogP contribution is -2.56. The molecule has 0 aromatic heterocycles. The second-order valence-corrected chi connectivity index (χ2v) is 11.2. The zero-order valence-electron chi connectivity index (χ0n) is 24.8. The fourth-order valence-electron chi connectivity index (χ4n) is 5.73. The van der Waals surface area contributed by atoms with E-state index in [2.05, 4.69) is 16.0 Å². The first kappa shape index (κ1) is 32.0. The van der Waals surface area contributed by atoms with E-state index in [1.807, 2.05) is 48.5 Å². The molecule has 5 amide bonds. The average molecular weight is 602 g/mol. The standard InChI is InChI=1S/C33H39N5O6/c1-20(2)29(38(33(43)44)18-27-25-10-5-3-8-23(25)24-9-4-6-11-26(24)27)31(41)37-28(12-7-17-35-32(34)42)30(40)36-22-15-13-21(19-39)14-16-22/h3-6,8-11,13-16,20,27-29,39H,7,12,17-19H2,1-2H3,(H,36,40)(H,37,41)(H,43,44)(H3,34,35,42). The molecule has 11 heteroatoms. The number of carboxylic acid groups (broad SMARTS) is 1. The van der Waals surface area contributed by atoms with E-state index in [0.29, 0.717) is 17.7 Å². The van der Waals surface area contributed by atoms with Crippen molar-refractivity contribution in [3.8, 4) is 11.1 Å². The van der Waals surface area contributed by atoms with Gasteiger partial charge in [0.1, 0.15) is 12.1 Å². The van der Waals surface area contributed by atoms with Crippen LogP contribution in [0.3, 0.4) is 0 Å². The quantitative estimate of drug-likeness (QED) is 0.162. The summed E-state index contributed by atoms with van der Waals surface area (Å²) in [6.45, 7) is 3.64. The number of nitrogens with one attached hydrogen (secondary N) is 3. The van der Waals surface area contributed by atoms with Crippen LogP contribution in [0.25, 0.3) is 11.1 Å². The van der Waals surface area contributed by atoms with E-state index < -0.39 is 41.9 Å². The SMILES string of the molecule is CC(C)C(C(=O)NC(CCCNC(N)=O)C(=O)Nc1ccc(CO)cc1)N(CC1c2ccccc2-c2ccccc21)C(=O)O. The number of primary amides is 1. The summed E-state index contributed by atoms with van der Waals surface area (Å²) >= 11 is 0. The number of hydrogen-bond donors (Lipinski definition) is 6. The van der Waals surface area contributed by atoms with Crippen molar-refractivity contribution in [3.05, 3.63) is 89.5 Å². The number of carbonyl (C=O) groups excluding carboxylic acids is 3. The van der Waals surface area contributed by atoms with Crippen molar-refractivity contribution in [3.63, 3.8) is 0 Å². The number of rotatable bonds is 13. The molecular formula is C33H39N5O6. The third-order valence-corrected chi connectivity index (χ3v) is 7.83. The predicted molar refractivity (Wildman–Crippen MR) is 167 cm³/mol. The van der Waals surface area contributed by atoms with Crippen molar-refractivity contribution in [2.45, 2.75) is 51.3 Å². The molecule has 0 saturated heterocycles. The van der Waals surface area contributed by atoms with Crippen molar-refractivity contribution in [1.82, 2.24) is 15.5 Å². The first-order valence-corrected chi connectivity index (χ1v) is 14.6. The second-order valence-electron chi connectivity index (χ2n) is 11.2. The third-order valence-electron chi connectivity index (χ3n) is 7.83. The lowest BCUT2D eigenvalue weighted by molar-refractivity contribution is -0.131. The minimum atomic E-state index is -1.24. The molecule has 0 fully saturated rings. The maximum Gasteiger partial charge on any atom is 0.408 e. The molecular weight excluding hydrogens is 562 g/mol. The molecule has 232 valence electrons. The summed E-state index contributed by atoms with van der Waals surface area (Å²) in [6, 6.07) is 19.5. The molecule has 0 saturated carbocycles. The van der Waals surface area contributed by atoms with Crippen LogP contribution in [0.4, 0.5) is 15.3 Å². The Morgan fingerprint density at radius 1 is 0.886 bits per heavy atom. The topological polar surface area (TPSA) is 174 Å². The number of urea groups is 1. The van der Waals surface area contributed by atoms with Gasteiger partial charge in [0, 0.05) is 24.7 Å². The van der Waals surface area contributed by atoms with Crippen molar-refractivity contribution < 1.29 is 29.4 Å². The highest BCUT2D eigenvalue weighted by Crippen LogP contribution is 2.45. The largest absolute Gasteiger partial charge is 0.465 e. The number of nitrogens with two attached hydrogens (primary N) is 1. The zero-order valence-corrected chi connectivity index (χ0v) is 24.8. The molecule has 3 aromatic carbocycles. The molecule has 3 aromatic rings. The maximum absolute atomic E-state index is 13.9. The molecule has 2 atom stereocenters. The second kappa shape index (κ2) is 14.5. The molecule has 0 heterocycles. The Kier molecular flexibility index (Phi) is 10.6. The zero-order chi connectivity index (χ0) is 31.8. The fraction of sp³-hybridized carbons (Fsp3) is 0.333. The van der Waals surface area contributed by atoms with Crippen molar-refractivity contribution in [1.29, 1.82) is 0 Å². The van der Waals surface area contributed by atoms with Crippen LogP contribution in [-0.4, -0.2) is 64.2 Å². The lowest BCUT2D eigenvalue weighted by atomic mass is 9.93. The van der Waals surface area contributed by atoms with E-state index in [1.54, 1.807) is 38.1 Å². The summed E-state index contributed by atoms with van der Waals surface area (Å²) in [6.07, 6.45) is -0.750. The van der Waals surface area contributed by atoms with Gasteiger partial charge in [-0.15, -0.1) is 0 Å². The Balaban J connectivity index is 1.57. The number of carbonyl (C=O) groups is 4. The first-order chi connectivity index (χ1) is 21.1. The summed E-state index contributed by atoms with van der Waals surface area (Å²) in [5.74, 6) is -1.78. The molecule has 0 spiro atoms. The van der Waals surface area contributed by atoms with Gasteiger partial charge in [-0.3, -0.25) is 14.5 Å². The number of anilines is 1. The Labute approximate surface area is 256 Å². The minimum absolute atomic E-state index is 0.0518. The summed E-state index contributed by atoms with van der Waals surface area (Å²) in [4.78, 5) is 52.3. The normalized spacial score (nSPS) is 13.4. The van der Waals surface area contributed by atoms with Gasteiger partial charge in [-0.25, -0.2) is 9.59 Å². The molecule has 0 radical (unpaired) electrons. The van der Waals surface area contributed by atoms with Crippen LogP contribution in [0, 0.1) is 5.92 Å². The monoisotopic (exact) mass is 601 g/mol. The van der Waals surface area contributed by atoms with E-state index in [1.165, 1.54) is 4.90 Å². The fourth-order valence-corrected chi connectivity index (χ4v) is 5.73. The van der Waals surface area contributed by atoms with Gasteiger partial charge in [0.2, 0.25) is 11.8 Å². The Hall–Kier alpha value is -4.90. The smallest absolute Gasteiger partial charge is 0.408 e. The van der Waals surface area contributed by atoms with Gasteiger partial charge >= 0.3 is 12.1 Å². The summed E-state index contributed by atoms with van der Waals surface area (Å²) in [5, 5.41) is 27.7. The average Bonchev–Trinajstić information content (AvgIpc) is 3.31. The van der Waals surface area contributed by atoms with Crippen molar-refractivity contribution >= 4 is 29.6 Å². The van der Waals surface area contributed by atoms with Crippen molar-refractivity contribution in [2.75, 3.05) is 18.4 Å². The Morgan fingerprint density at radius 2 is 1.48 bits per heavy atom. The maximum atomic E-state index is 13.9. The molecule has 0 bridgehead atoms. The molecule has 4 rings (SSSR count). The number of fused-ring (bicyclic) bond motifs is 3. The lowest BCUT2D eigenvalue weighted by Gasteiger charge is -2.34. The van der Waals surface area contributed by atoms with Crippen LogP contribution in [0.5, 0.6) is 0 Å². The highest BCUT2D eigenvalue weighted by molar-refractivity contribution is 5.98. The number of amides is 5. The molecule has 2 unspecified atom stereocenters. The van der Waals surface area contributed by atoms with Crippen LogP contribution in [0.2, 0.25) is 0 Å². The van der Waals surface area contributed by atoms with Gasteiger partial charge < -0.3 is 31.9 Å². The molecule has 0 aliphatic heterocycles. The number of aliphatic hydroxyl groups is 1. The van der Waals surface area contributed by atoms with Crippen LogP contribution in [0.1, 0.15) is 49.3 Å². The highest BCUT2D eigenvalue weighted by atomic mass is 16.4. The Bertz CT molecular complexity index is 1450. The van der Waals surface area contributed by atoms with Gasteiger partial charge in [-0.1, -0.05) is 74.5 Å². The summed E-state index contributed by atoms with van der Waals surface area (Å²) in [7, 11) is 0. The summed E-state index contributed by atoms with van der Waals surface area (Å²) in [5.41, 5.74) is 10.4. The third kappa shape index (κ3) is 7.54. The van der Waals surface area contributed by atoms with E-state index in [-0.39, 0.29) is 32.0 Å². The number of benzene rings is 3. The predicted octanol–water partition coefficient (Wildman–Crippen LogP) is 3.87. The van der Waals surface area contributed by atoms with Gasteiger partial charge in [0.05, 0.1) is 6.61 Å². The minimum Gasteiger partial charge on any atom is -0.465 e. The molecule has 1 aliphatic rings. The van der Waals surface area contributed by atoms with Crippen LogP contribution in [0.15, 0.2) is 72.8 Å². The van der Waals surface area contributed by atoms with E-state index >= 15 is 0 Å². The van der Waals surface area contributed by atoms with Gasteiger partial charge in [0.25, 0.3) is 0 Å². The number of aliphatic hydroxyl groups excluding tert-OH is 1. The van der Waals surface area contributed by atoms with E-state index in [4.69, 9.17) is 5.73 Å². The van der Waals surface area contributed by atoms with Gasteiger partial charge in [-0.05, 0) is 58.7 Å². The highest BCUT2D eigenvalue weighted by Gasteiger charge is 2.38. The molecule has 1 aliphatic carbocycles. The molecule has 7 N–H and O–H groups in total. The number of nitrogens with zero attached hydrogens (tertiary/aromatic N) is 1. The summed E-state index contributed by atoms with van der Waals surface area (Å²) < 4.78 is 0. The van der Waals surface area contributed by atoms with Crippen LogP contribution < -0.4 is 21.7 Å². The van der Waals surface area contributed by atoms with Crippen LogP contribution in [-0.2, 0) is 16.2 Å². The number of hydrogen-bond acceptors (Lipinski definition) is 5. The molecule has 11 nitrogen and oxygen atoms in total. The van der Waals surface area contributed by atoms with Crippen molar-refractivity contribution in [2.24, 2.45) is 11.7 Å². The molecule has 44 heavy (non-hydrogen) atoms. The Morgan fingerprint density at radius 3 is 2.00 bits per heavy atom. The van der Waals surface area contributed by atoms with E-state index in [0.717, 1.165) is 22.3 Å². The van der Waals surface area contributed by atoms with Gasteiger partial charge in [0.15, 0.2) is 0 Å². The van der Waals surface area contributed by atoms with E-state index in [9.17, 15) is 29.4 Å². The van der Waals surface area contributed by atoms with Crippen LogP contribution >= 0.6 is 0 Å². The van der Waals surface area contributed by atoms with Gasteiger partial charge in [-0.2, -0.15) is 0 Å². The first-order valence-electron chi connectivity index (χ1n) is 14.6.